The lowest BCUT2D eigenvalue weighted by molar-refractivity contribution is 0.0446. The largest absolute Gasteiger partial charge is 0.381 e. The normalized spacial score (nSPS) is 19.2. The lowest BCUT2D eigenvalue weighted by Gasteiger charge is -2.34. The number of ether oxygens (including phenoxy) is 1. The molecule has 0 aliphatic carbocycles. The Morgan fingerprint density at radius 2 is 2.06 bits per heavy atom. The Kier molecular flexibility index (Phi) is 3.79. The molecule has 1 heterocycles. The molecule has 1 aromatic rings. The number of benzene rings is 1. The zero-order chi connectivity index (χ0) is 12.3. The zero-order valence-electron chi connectivity index (χ0n) is 10.6. The molecule has 2 rings (SSSR count). The van der Waals surface area contributed by atoms with E-state index in [2.05, 4.69) is 12.2 Å². The Balaban J connectivity index is 1.94. The number of aryl methyl sites for hydroxylation is 1. The Bertz CT molecular complexity index is 386. The summed E-state index contributed by atoms with van der Waals surface area (Å²) >= 11 is 0. The minimum Gasteiger partial charge on any atom is -0.381 e. The average molecular weight is 237 g/mol. The third-order valence-electron chi connectivity index (χ3n) is 3.54. The summed E-state index contributed by atoms with van der Waals surface area (Å²) in [4.78, 5) is 0. The summed E-state index contributed by atoms with van der Waals surface area (Å²) < 4.78 is 18.5. The van der Waals surface area contributed by atoms with Gasteiger partial charge < -0.3 is 10.1 Å². The molecule has 1 aliphatic heterocycles. The van der Waals surface area contributed by atoms with Crippen LogP contribution in [-0.4, -0.2) is 18.8 Å². The topological polar surface area (TPSA) is 21.3 Å². The van der Waals surface area contributed by atoms with Crippen molar-refractivity contribution in [1.29, 1.82) is 0 Å². The molecule has 0 unspecified atom stereocenters. The number of rotatable bonds is 3. The minimum atomic E-state index is -0.133. The summed E-state index contributed by atoms with van der Waals surface area (Å²) in [7, 11) is 0. The molecule has 0 aromatic heterocycles. The van der Waals surface area contributed by atoms with Gasteiger partial charge in [-0.25, -0.2) is 4.39 Å². The number of hydrogen-bond acceptors (Lipinski definition) is 2. The molecule has 0 saturated carbocycles. The first-order valence-corrected chi connectivity index (χ1v) is 6.17. The summed E-state index contributed by atoms with van der Waals surface area (Å²) in [6.45, 7) is 6.47. The van der Waals surface area contributed by atoms with Gasteiger partial charge in [0.05, 0.1) is 0 Å². The molecule has 17 heavy (non-hydrogen) atoms. The number of nitrogens with one attached hydrogen (secondary N) is 1. The molecule has 1 aromatic carbocycles. The number of halogens is 1. The van der Waals surface area contributed by atoms with E-state index < -0.39 is 0 Å². The van der Waals surface area contributed by atoms with Crippen molar-refractivity contribution in [2.24, 2.45) is 0 Å². The second-order valence-corrected chi connectivity index (χ2v) is 5.11. The predicted octanol–water partition coefficient (Wildman–Crippen LogP) is 2.79. The highest BCUT2D eigenvalue weighted by Gasteiger charge is 2.26. The fourth-order valence-electron chi connectivity index (χ4n) is 2.13. The molecule has 0 bridgehead atoms. The van der Waals surface area contributed by atoms with Gasteiger partial charge in [0.1, 0.15) is 5.82 Å². The molecular formula is C14H20FNO. The van der Waals surface area contributed by atoms with E-state index in [4.69, 9.17) is 4.74 Å². The highest BCUT2D eigenvalue weighted by atomic mass is 19.1. The molecule has 1 saturated heterocycles. The summed E-state index contributed by atoms with van der Waals surface area (Å²) in [6, 6.07) is 5.29. The molecule has 1 fully saturated rings. The van der Waals surface area contributed by atoms with E-state index in [1.54, 1.807) is 13.0 Å². The van der Waals surface area contributed by atoms with Crippen LogP contribution in [0.3, 0.4) is 0 Å². The van der Waals surface area contributed by atoms with Crippen molar-refractivity contribution in [3.8, 4) is 0 Å². The average Bonchev–Trinajstić information content (AvgIpc) is 2.32. The molecule has 0 atom stereocenters. The van der Waals surface area contributed by atoms with Gasteiger partial charge in [-0.15, -0.1) is 0 Å². The second-order valence-electron chi connectivity index (χ2n) is 5.11. The Morgan fingerprint density at radius 1 is 1.35 bits per heavy atom. The van der Waals surface area contributed by atoms with E-state index in [1.165, 1.54) is 0 Å². The zero-order valence-corrected chi connectivity index (χ0v) is 10.6. The van der Waals surface area contributed by atoms with Crippen LogP contribution in [0.15, 0.2) is 18.2 Å². The van der Waals surface area contributed by atoms with Crippen LogP contribution >= 0.6 is 0 Å². The maximum absolute atomic E-state index is 13.1. The van der Waals surface area contributed by atoms with Gasteiger partial charge in [0.25, 0.3) is 0 Å². The van der Waals surface area contributed by atoms with E-state index in [0.717, 1.165) is 38.2 Å². The number of hydrogen-bond donors (Lipinski definition) is 1. The minimum absolute atomic E-state index is 0.133. The van der Waals surface area contributed by atoms with Gasteiger partial charge in [-0.05, 0) is 43.9 Å². The molecular weight excluding hydrogens is 217 g/mol. The highest BCUT2D eigenvalue weighted by Crippen LogP contribution is 2.20. The highest BCUT2D eigenvalue weighted by molar-refractivity contribution is 5.23. The first kappa shape index (κ1) is 12.5. The lowest BCUT2D eigenvalue weighted by Crippen LogP contribution is -2.46. The van der Waals surface area contributed by atoms with Gasteiger partial charge in [-0.3, -0.25) is 0 Å². The SMILES string of the molecule is Cc1cc(CNC2(C)CCOCC2)ccc1F. The molecule has 1 N–H and O–H groups in total. The molecule has 0 radical (unpaired) electrons. The van der Waals surface area contributed by atoms with E-state index in [1.807, 2.05) is 12.1 Å². The second kappa shape index (κ2) is 5.15. The van der Waals surface area contributed by atoms with Crippen LogP contribution in [-0.2, 0) is 11.3 Å². The third-order valence-corrected chi connectivity index (χ3v) is 3.54. The van der Waals surface area contributed by atoms with Crippen molar-refractivity contribution in [2.75, 3.05) is 13.2 Å². The van der Waals surface area contributed by atoms with E-state index >= 15 is 0 Å². The first-order valence-electron chi connectivity index (χ1n) is 6.17. The molecule has 1 aliphatic rings. The predicted molar refractivity (Wildman–Crippen MR) is 66.4 cm³/mol. The van der Waals surface area contributed by atoms with E-state index in [9.17, 15) is 4.39 Å². The maximum atomic E-state index is 13.1. The summed E-state index contributed by atoms with van der Waals surface area (Å²) in [5.41, 5.74) is 2.00. The van der Waals surface area contributed by atoms with Gasteiger partial charge in [0, 0.05) is 25.3 Å². The van der Waals surface area contributed by atoms with Crippen molar-refractivity contribution in [2.45, 2.75) is 38.8 Å². The maximum Gasteiger partial charge on any atom is 0.126 e. The fourth-order valence-corrected chi connectivity index (χ4v) is 2.13. The van der Waals surface area contributed by atoms with Crippen LogP contribution in [0, 0.1) is 12.7 Å². The van der Waals surface area contributed by atoms with Gasteiger partial charge >= 0.3 is 0 Å². The Hall–Kier alpha value is -0.930. The standard InChI is InChI=1S/C14H20FNO/c1-11-9-12(3-4-13(11)15)10-16-14(2)5-7-17-8-6-14/h3-4,9,16H,5-8,10H2,1-2H3. The van der Waals surface area contributed by atoms with Crippen LogP contribution in [0.1, 0.15) is 30.9 Å². The van der Waals surface area contributed by atoms with Gasteiger partial charge in [-0.1, -0.05) is 12.1 Å². The fraction of sp³-hybridized carbons (Fsp3) is 0.571. The van der Waals surface area contributed by atoms with Gasteiger partial charge in [0.2, 0.25) is 0 Å². The Labute approximate surface area is 102 Å². The molecule has 2 nitrogen and oxygen atoms in total. The van der Waals surface area contributed by atoms with E-state index in [-0.39, 0.29) is 11.4 Å². The van der Waals surface area contributed by atoms with Gasteiger partial charge in [-0.2, -0.15) is 0 Å². The van der Waals surface area contributed by atoms with Crippen LogP contribution in [0.25, 0.3) is 0 Å². The quantitative estimate of drug-likeness (QED) is 0.872. The van der Waals surface area contributed by atoms with Crippen molar-refractivity contribution in [3.05, 3.63) is 35.1 Å². The smallest absolute Gasteiger partial charge is 0.126 e. The van der Waals surface area contributed by atoms with Crippen molar-refractivity contribution < 1.29 is 9.13 Å². The van der Waals surface area contributed by atoms with Crippen LogP contribution in [0.5, 0.6) is 0 Å². The molecule has 3 heteroatoms. The van der Waals surface area contributed by atoms with Gasteiger partial charge in [0.15, 0.2) is 0 Å². The summed E-state index contributed by atoms with van der Waals surface area (Å²) in [5, 5.41) is 3.56. The first-order chi connectivity index (χ1) is 8.09. The summed E-state index contributed by atoms with van der Waals surface area (Å²) in [5.74, 6) is -0.133. The van der Waals surface area contributed by atoms with Crippen LogP contribution in [0.2, 0.25) is 0 Å². The Morgan fingerprint density at radius 3 is 2.71 bits per heavy atom. The molecule has 0 amide bonds. The summed E-state index contributed by atoms with van der Waals surface area (Å²) in [6.07, 6.45) is 2.07. The monoisotopic (exact) mass is 237 g/mol. The van der Waals surface area contributed by atoms with Crippen LogP contribution in [0.4, 0.5) is 4.39 Å². The van der Waals surface area contributed by atoms with Crippen molar-refractivity contribution in [1.82, 2.24) is 5.32 Å². The van der Waals surface area contributed by atoms with Crippen LogP contribution < -0.4 is 5.32 Å². The third kappa shape index (κ3) is 3.27. The molecule has 94 valence electrons. The molecule has 0 spiro atoms. The van der Waals surface area contributed by atoms with E-state index in [0.29, 0.717) is 5.56 Å². The lowest BCUT2D eigenvalue weighted by atomic mass is 9.92. The van der Waals surface area contributed by atoms with Crippen molar-refractivity contribution >= 4 is 0 Å². The van der Waals surface area contributed by atoms with Crippen molar-refractivity contribution in [3.63, 3.8) is 0 Å².